The van der Waals surface area contributed by atoms with E-state index in [2.05, 4.69) is 25.2 Å². The summed E-state index contributed by atoms with van der Waals surface area (Å²) in [5.74, 6) is 1.42. The first-order chi connectivity index (χ1) is 8.65. The summed E-state index contributed by atoms with van der Waals surface area (Å²) in [4.78, 5) is 0. The van der Waals surface area contributed by atoms with E-state index >= 15 is 0 Å². The Labute approximate surface area is 114 Å². The van der Waals surface area contributed by atoms with E-state index in [1.165, 1.54) is 18.4 Å². The van der Waals surface area contributed by atoms with Gasteiger partial charge >= 0.3 is 0 Å². The van der Waals surface area contributed by atoms with Crippen LogP contribution in [0.4, 0.5) is 0 Å². The van der Waals surface area contributed by atoms with Crippen LogP contribution in [0.25, 0.3) is 0 Å². The summed E-state index contributed by atoms with van der Waals surface area (Å²) in [7, 11) is 0. The molecule has 0 fully saturated rings. The third-order valence-electron chi connectivity index (χ3n) is 3.58. The summed E-state index contributed by atoms with van der Waals surface area (Å²) < 4.78 is 0. The monoisotopic (exact) mass is 265 g/mol. The van der Waals surface area contributed by atoms with E-state index in [0.29, 0.717) is 12.5 Å². The van der Waals surface area contributed by atoms with Crippen molar-refractivity contribution in [2.45, 2.75) is 32.8 Å². The molecule has 0 radical (unpaired) electrons. The molecule has 0 bridgehead atoms. The number of aliphatic hydroxyl groups is 1. The lowest BCUT2D eigenvalue weighted by molar-refractivity contribution is 0.172. The Morgan fingerprint density at radius 3 is 3.06 bits per heavy atom. The maximum Gasteiger partial charge on any atom is 0.0922 e. The molecule has 2 nitrogen and oxygen atoms in total. The average Bonchev–Trinajstić information content (AvgIpc) is 2.80. The summed E-state index contributed by atoms with van der Waals surface area (Å²) in [5.41, 5.74) is 2.54. The second kappa shape index (κ2) is 6.50. The van der Waals surface area contributed by atoms with Gasteiger partial charge in [0.1, 0.15) is 0 Å². The highest BCUT2D eigenvalue weighted by Crippen LogP contribution is 2.27. The van der Waals surface area contributed by atoms with Crippen LogP contribution >= 0.6 is 11.3 Å². The molecule has 3 atom stereocenters. The number of hydrogen-bond acceptors (Lipinski definition) is 3. The number of thiophene rings is 1. The number of rotatable bonds is 5. The molecule has 0 saturated heterocycles. The minimum atomic E-state index is -0.367. The molecular formula is C15H23NOS. The SMILES string of the molecule is CC1=CC(C)CC(CNCC(O)c2ccsc2)C1. The Morgan fingerprint density at radius 1 is 1.56 bits per heavy atom. The molecule has 1 aromatic heterocycles. The first-order valence-corrected chi connectivity index (χ1v) is 7.67. The van der Waals surface area contributed by atoms with Crippen molar-refractivity contribution >= 4 is 11.3 Å². The number of aliphatic hydroxyl groups excluding tert-OH is 1. The molecule has 2 N–H and O–H groups in total. The molecule has 2 rings (SSSR count). The van der Waals surface area contributed by atoms with Crippen LogP contribution in [0.15, 0.2) is 28.5 Å². The smallest absolute Gasteiger partial charge is 0.0922 e. The van der Waals surface area contributed by atoms with Gasteiger partial charge < -0.3 is 10.4 Å². The van der Waals surface area contributed by atoms with Crippen molar-refractivity contribution in [2.75, 3.05) is 13.1 Å². The van der Waals surface area contributed by atoms with Crippen LogP contribution in [0.5, 0.6) is 0 Å². The van der Waals surface area contributed by atoms with Crippen molar-refractivity contribution in [1.82, 2.24) is 5.32 Å². The molecule has 1 aromatic rings. The molecule has 3 unspecified atom stereocenters. The Hall–Kier alpha value is -0.640. The third-order valence-corrected chi connectivity index (χ3v) is 4.28. The molecule has 1 aliphatic carbocycles. The fraction of sp³-hybridized carbons (Fsp3) is 0.600. The maximum absolute atomic E-state index is 9.98. The van der Waals surface area contributed by atoms with Gasteiger partial charge in [-0.15, -0.1) is 0 Å². The summed E-state index contributed by atoms with van der Waals surface area (Å²) in [6, 6.07) is 1.99. The molecular weight excluding hydrogens is 242 g/mol. The van der Waals surface area contributed by atoms with Crippen molar-refractivity contribution in [2.24, 2.45) is 11.8 Å². The predicted molar refractivity (Wildman–Crippen MR) is 77.8 cm³/mol. The van der Waals surface area contributed by atoms with Crippen LogP contribution in [0, 0.1) is 11.8 Å². The van der Waals surface area contributed by atoms with Gasteiger partial charge in [-0.2, -0.15) is 11.3 Å². The van der Waals surface area contributed by atoms with Gasteiger partial charge in [-0.1, -0.05) is 18.6 Å². The molecule has 1 aliphatic rings. The zero-order valence-corrected chi connectivity index (χ0v) is 12.0. The summed E-state index contributed by atoms with van der Waals surface area (Å²) >= 11 is 1.63. The van der Waals surface area contributed by atoms with Crippen LogP contribution in [-0.2, 0) is 0 Å². The van der Waals surface area contributed by atoms with Gasteiger partial charge in [0.2, 0.25) is 0 Å². The van der Waals surface area contributed by atoms with Crippen molar-refractivity contribution in [1.29, 1.82) is 0 Å². The second-order valence-electron chi connectivity index (χ2n) is 5.53. The lowest BCUT2D eigenvalue weighted by Crippen LogP contribution is -2.29. The number of nitrogens with one attached hydrogen (secondary N) is 1. The molecule has 0 amide bonds. The molecule has 0 spiro atoms. The van der Waals surface area contributed by atoms with E-state index in [0.717, 1.165) is 18.0 Å². The Bertz CT molecular complexity index is 385. The van der Waals surface area contributed by atoms with E-state index in [1.807, 2.05) is 16.8 Å². The fourth-order valence-electron chi connectivity index (χ4n) is 2.85. The van der Waals surface area contributed by atoms with Crippen LogP contribution in [0.3, 0.4) is 0 Å². The topological polar surface area (TPSA) is 32.3 Å². The van der Waals surface area contributed by atoms with Gasteiger partial charge in [-0.3, -0.25) is 0 Å². The highest BCUT2D eigenvalue weighted by molar-refractivity contribution is 7.07. The van der Waals surface area contributed by atoms with Crippen molar-refractivity contribution < 1.29 is 5.11 Å². The molecule has 0 aliphatic heterocycles. The first kappa shape index (κ1) is 13.8. The van der Waals surface area contributed by atoms with Crippen molar-refractivity contribution in [3.63, 3.8) is 0 Å². The highest BCUT2D eigenvalue weighted by atomic mass is 32.1. The number of allylic oxidation sites excluding steroid dienone is 2. The van der Waals surface area contributed by atoms with E-state index in [4.69, 9.17) is 0 Å². The van der Waals surface area contributed by atoms with Crippen molar-refractivity contribution in [3.8, 4) is 0 Å². The van der Waals surface area contributed by atoms with E-state index < -0.39 is 0 Å². The maximum atomic E-state index is 9.98. The van der Waals surface area contributed by atoms with Crippen LogP contribution in [0.1, 0.15) is 38.4 Å². The lowest BCUT2D eigenvalue weighted by Gasteiger charge is -2.26. The minimum Gasteiger partial charge on any atom is -0.387 e. The summed E-state index contributed by atoms with van der Waals surface area (Å²) in [5, 5.41) is 17.4. The zero-order chi connectivity index (χ0) is 13.0. The van der Waals surface area contributed by atoms with Gasteiger partial charge in [-0.25, -0.2) is 0 Å². The minimum absolute atomic E-state index is 0.367. The van der Waals surface area contributed by atoms with Crippen molar-refractivity contribution in [3.05, 3.63) is 34.0 Å². The van der Waals surface area contributed by atoms with E-state index in [9.17, 15) is 5.11 Å². The summed E-state index contributed by atoms with van der Waals surface area (Å²) in [6.45, 7) is 6.18. The molecule has 1 heterocycles. The van der Waals surface area contributed by atoms with Gasteiger partial charge in [0, 0.05) is 6.54 Å². The highest BCUT2D eigenvalue weighted by Gasteiger charge is 2.18. The zero-order valence-electron chi connectivity index (χ0n) is 11.2. The van der Waals surface area contributed by atoms with Gasteiger partial charge in [-0.05, 0) is 60.5 Å². The second-order valence-corrected chi connectivity index (χ2v) is 6.31. The molecule has 100 valence electrons. The van der Waals surface area contributed by atoms with E-state index in [-0.39, 0.29) is 6.10 Å². The normalized spacial score (nSPS) is 25.8. The van der Waals surface area contributed by atoms with Crippen LogP contribution in [0.2, 0.25) is 0 Å². The van der Waals surface area contributed by atoms with Gasteiger partial charge in [0.15, 0.2) is 0 Å². The quantitative estimate of drug-likeness (QED) is 0.800. The average molecular weight is 265 g/mol. The van der Waals surface area contributed by atoms with E-state index in [1.54, 1.807) is 11.3 Å². The van der Waals surface area contributed by atoms with Crippen LogP contribution in [-0.4, -0.2) is 18.2 Å². The van der Waals surface area contributed by atoms with Gasteiger partial charge in [0.25, 0.3) is 0 Å². The van der Waals surface area contributed by atoms with Gasteiger partial charge in [0.05, 0.1) is 6.10 Å². The molecule has 18 heavy (non-hydrogen) atoms. The Balaban J connectivity index is 1.71. The predicted octanol–water partition coefficient (Wildman–Crippen LogP) is 3.36. The Kier molecular flexibility index (Phi) is 4.98. The number of hydrogen-bond donors (Lipinski definition) is 2. The summed E-state index contributed by atoms with van der Waals surface area (Å²) in [6.07, 6.45) is 4.48. The molecule has 3 heteroatoms. The fourth-order valence-corrected chi connectivity index (χ4v) is 3.56. The lowest BCUT2D eigenvalue weighted by atomic mass is 9.84. The third kappa shape index (κ3) is 3.94. The first-order valence-electron chi connectivity index (χ1n) is 6.73. The van der Waals surface area contributed by atoms with Crippen LogP contribution < -0.4 is 5.32 Å². The Morgan fingerprint density at radius 2 is 2.39 bits per heavy atom. The molecule has 0 saturated carbocycles. The molecule has 0 aromatic carbocycles. The standard InChI is InChI=1S/C15H23NOS/c1-11-5-12(2)7-13(6-11)8-16-9-15(17)14-3-4-18-10-14/h3-5,10-11,13,15-17H,6-9H2,1-2H3. The largest absolute Gasteiger partial charge is 0.387 e.